The molecule has 0 aromatic carbocycles. The Morgan fingerprint density at radius 3 is 2.31 bits per heavy atom. The van der Waals surface area contributed by atoms with Gasteiger partial charge in [0, 0.05) is 0 Å². The fourth-order valence-corrected chi connectivity index (χ4v) is 2.32. The van der Waals surface area contributed by atoms with Crippen LogP contribution in [0.25, 0.3) is 0 Å². The van der Waals surface area contributed by atoms with Crippen LogP contribution in [0.4, 0.5) is 0 Å². The first-order chi connectivity index (χ1) is 7.27. The molecular formula is C7H16O7P2. The molecule has 96 valence electrons. The summed E-state index contributed by atoms with van der Waals surface area (Å²) >= 11 is 0. The van der Waals surface area contributed by atoms with Crippen molar-refractivity contribution in [3.05, 3.63) is 12.3 Å². The minimum atomic E-state index is -5.03. The highest BCUT2D eigenvalue weighted by Gasteiger charge is 2.32. The van der Waals surface area contributed by atoms with Crippen molar-refractivity contribution >= 4 is 15.6 Å². The summed E-state index contributed by atoms with van der Waals surface area (Å²) in [7, 11) is -9.75. The molecule has 0 saturated carbocycles. The third-order valence-electron chi connectivity index (χ3n) is 1.47. The van der Waals surface area contributed by atoms with Gasteiger partial charge in [-0.3, -0.25) is 4.89 Å². The van der Waals surface area contributed by atoms with Crippen molar-refractivity contribution < 1.29 is 32.6 Å². The van der Waals surface area contributed by atoms with Crippen molar-refractivity contribution in [2.24, 2.45) is 0 Å². The molecule has 7 nitrogen and oxygen atoms in total. The molecule has 1 unspecified atom stereocenters. The summed E-state index contributed by atoms with van der Waals surface area (Å²) in [5.41, 5.74) is 0. The zero-order valence-corrected chi connectivity index (χ0v) is 10.6. The molecule has 0 radical (unpaired) electrons. The molecule has 0 aliphatic heterocycles. The molecule has 1 atom stereocenters. The van der Waals surface area contributed by atoms with Crippen LogP contribution in [-0.4, -0.2) is 14.7 Å². The monoisotopic (exact) mass is 274 g/mol. The van der Waals surface area contributed by atoms with Crippen LogP contribution >= 0.6 is 15.6 Å². The first-order valence-electron chi connectivity index (χ1n) is 4.70. The summed E-state index contributed by atoms with van der Waals surface area (Å²) in [6, 6.07) is 0. The number of unbranched alkanes of at least 4 members (excludes halogenated alkanes) is 3. The molecule has 0 aromatic heterocycles. The van der Waals surface area contributed by atoms with Gasteiger partial charge >= 0.3 is 15.6 Å². The maximum atomic E-state index is 10.9. The number of hydrogen-bond donors (Lipinski definition) is 3. The third-order valence-corrected chi connectivity index (χ3v) is 3.54. The van der Waals surface area contributed by atoms with E-state index < -0.39 is 15.6 Å². The van der Waals surface area contributed by atoms with Crippen LogP contribution in [0.15, 0.2) is 12.3 Å². The van der Waals surface area contributed by atoms with Crippen LogP contribution in [0.5, 0.6) is 0 Å². The van der Waals surface area contributed by atoms with E-state index >= 15 is 0 Å². The van der Waals surface area contributed by atoms with Crippen LogP contribution in [0.2, 0.25) is 0 Å². The van der Waals surface area contributed by atoms with Crippen molar-refractivity contribution in [1.82, 2.24) is 0 Å². The highest BCUT2D eigenvalue weighted by molar-refractivity contribution is 7.60. The maximum absolute atomic E-state index is 10.9. The summed E-state index contributed by atoms with van der Waals surface area (Å²) in [6.45, 7) is 2.04. The van der Waals surface area contributed by atoms with Crippen LogP contribution in [0.1, 0.15) is 32.6 Å². The SMILES string of the molecule is CCCCCC=COP(=O)(O)OP(=O)(O)O. The van der Waals surface area contributed by atoms with Gasteiger partial charge in [-0.05, 0) is 18.9 Å². The van der Waals surface area contributed by atoms with Crippen molar-refractivity contribution in [2.75, 3.05) is 0 Å². The highest BCUT2D eigenvalue weighted by Crippen LogP contribution is 2.57. The Balaban J connectivity index is 3.90. The normalized spacial score (nSPS) is 16.2. The molecular weight excluding hydrogens is 258 g/mol. The Kier molecular flexibility index (Phi) is 7.15. The third kappa shape index (κ3) is 10.4. The predicted molar refractivity (Wildman–Crippen MR) is 57.3 cm³/mol. The number of phosphoric acid groups is 2. The van der Waals surface area contributed by atoms with Gasteiger partial charge in [0.25, 0.3) is 0 Å². The van der Waals surface area contributed by atoms with Crippen LogP contribution in [0.3, 0.4) is 0 Å². The van der Waals surface area contributed by atoms with Crippen molar-refractivity contribution in [3.63, 3.8) is 0 Å². The summed E-state index contributed by atoms with van der Waals surface area (Å²) in [5, 5.41) is 0. The second kappa shape index (κ2) is 7.22. The van der Waals surface area contributed by atoms with Gasteiger partial charge in [0.2, 0.25) is 0 Å². The predicted octanol–water partition coefficient (Wildman–Crippen LogP) is 2.31. The maximum Gasteiger partial charge on any atom is 0.535 e. The lowest BCUT2D eigenvalue weighted by atomic mass is 10.2. The van der Waals surface area contributed by atoms with E-state index in [9.17, 15) is 9.13 Å². The molecule has 0 aliphatic carbocycles. The lowest BCUT2D eigenvalue weighted by Gasteiger charge is -2.09. The van der Waals surface area contributed by atoms with Gasteiger partial charge < -0.3 is 14.3 Å². The molecule has 0 spiro atoms. The van der Waals surface area contributed by atoms with Gasteiger partial charge in [-0.15, -0.1) is 0 Å². The lowest BCUT2D eigenvalue weighted by molar-refractivity contribution is 0.216. The smallest absolute Gasteiger partial charge is 0.412 e. The molecule has 16 heavy (non-hydrogen) atoms. The lowest BCUT2D eigenvalue weighted by Crippen LogP contribution is -1.88. The van der Waals surface area contributed by atoms with Crippen molar-refractivity contribution in [1.29, 1.82) is 0 Å². The minimum absolute atomic E-state index is 0.656. The van der Waals surface area contributed by atoms with E-state index in [-0.39, 0.29) is 0 Å². The van der Waals surface area contributed by atoms with E-state index in [0.29, 0.717) is 6.42 Å². The fraction of sp³-hybridized carbons (Fsp3) is 0.714. The van der Waals surface area contributed by atoms with E-state index in [0.717, 1.165) is 25.5 Å². The fourth-order valence-electron chi connectivity index (χ4n) is 0.854. The Labute approximate surface area is 93.9 Å². The topological polar surface area (TPSA) is 113 Å². The molecule has 9 heteroatoms. The second-order valence-electron chi connectivity index (χ2n) is 3.01. The van der Waals surface area contributed by atoms with Gasteiger partial charge in [0.05, 0.1) is 6.26 Å². The molecule has 0 rings (SSSR count). The molecule has 0 amide bonds. The van der Waals surface area contributed by atoms with E-state index in [1.807, 2.05) is 6.92 Å². The van der Waals surface area contributed by atoms with Crippen molar-refractivity contribution in [2.45, 2.75) is 32.6 Å². The molecule has 0 aliphatic rings. The Hall–Kier alpha value is -0.160. The Morgan fingerprint density at radius 1 is 1.19 bits per heavy atom. The molecule has 0 bridgehead atoms. The average molecular weight is 274 g/mol. The molecule has 0 saturated heterocycles. The molecule has 0 fully saturated rings. The minimum Gasteiger partial charge on any atom is -0.412 e. The molecule has 0 heterocycles. The standard InChI is InChI=1S/C7H16O7P2/c1-2-3-4-5-6-7-13-16(11,12)14-15(8,9)10/h6-7H,2-5H2,1H3,(H,11,12)(H2,8,9,10). The molecule has 0 aromatic rings. The van der Waals surface area contributed by atoms with Gasteiger partial charge in [-0.2, -0.15) is 4.31 Å². The van der Waals surface area contributed by atoms with E-state index in [1.54, 1.807) is 0 Å². The van der Waals surface area contributed by atoms with Gasteiger partial charge in [0.1, 0.15) is 0 Å². The molecule has 3 N–H and O–H groups in total. The van der Waals surface area contributed by atoms with Gasteiger partial charge in [0.15, 0.2) is 0 Å². The zero-order valence-electron chi connectivity index (χ0n) is 8.85. The van der Waals surface area contributed by atoms with Crippen LogP contribution < -0.4 is 0 Å². The average Bonchev–Trinajstić information content (AvgIpc) is 2.06. The van der Waals surface area contributed by atoms with Gasteiger partial charge in [-0.25, -0.2) is 9.13 Å². The van der Waals surface area contributed by atoms with Crippen LogP contribution in [0, 0.1) is 0 Å². The number of rotatable bonds is 8. The van der Waals surface area contributed by atoms with E-state index in [4.69, 9.17) is 14.7 Å². The van der Waals surface area contributed by atoms with E-state index in [1.165, 1.54) is 6.08 Å². The second-order valence-corrected chi connectivity index (χ2v) is 5.80. The summed E-state index contributed by atoms with van der Waals surface area (Å²) in [4.78, 5) is 25.4. The largest absolute Gasteiger partial charge is 0.535 e. The number of phosphoric ester groups is 1. The zero-order chi connectivity index (χ0) is 12.7. The summed E-state index contributed by atoms with van der Waals surface area (Å²) < 4.78 is 28.9. The quantitative estimate of drug-likeness (QED) is 0.353. The number of hydrogen-bond acceptors (Lipinski definition) is 4. The first kappa shape index (κ1) is 15.8. The summed E-state index contributed by atoms with van der Waals surface area (Å²) in [6.07, 6.45) is 6.04. The summed E-state index contributed by atoms with van der Waals surface area (Å²) in [5.74, 6) is 0. The highest BCUT2D eigenvalue weighted by atomic mass is 31.3. The first-order valence-corrected chi connectivity index (χ1v) is 7.72. The Bertz CT molecular complexity index is 308. The van der Waals surface area contributed by atoms with Gasteiger partial charge in [-0.1, -0.05) is 19.8 Å². The van der Waals surface area contributed by atoms with Crippen LogP contribution in [-0.2, 0) is 18.0 Å². The van der Waals surface area contributed by atoms with E-state index in [2.05, 4.69) is 8.83 Å². The van der Waals surface area contributed by atoms with Crippen molar-refractivity contribution in [3.8, 4) is 0 Å². The number of allylic oxidation sites excluding steroid dienone is 1. The Morgan fingerprint density at radius 2 is 1.81 bits per heavy atom.